The number of benzene rings is 1. The van der Waals surface area contributed by atoms with Crippen molar-refractivity contribution in [1.82, 2.24) is 10.4 Å². The molecule has 1 aromatic carbocycles. The molecule has 1 atom stereocenters. The molecule has 0 radical (unpaired) electrons. The number of halogens is 1. The number of nitrogens with zero attached hydrogens (tertiary/aromatic N) is 1. The summed E-state index contributed by atoms with van der Waals surface area (Å²) in [5.74, 6) is 6.21. The maximum Gasteiger partial charge on any atom is 0.0637 e. The Kier molecular flexibility index (Phi) is 5.12. The molecular weight excluding hydrogens is 270 g/mol. The summed E-state index contributed by atoms with van der Waals surface area (Å²) in [6.07, 6.45) is 4.16. The van der Waals surface area contributed by atoms with Crippen LogP contribution in [-0.4, -0.2) is 4.98 Å². The van der Waals surface area contributed by atoms with Crippen LogP contribution in [0.5, 0.6) is 0 Å². The summed E-state index contributed by atoms with van der Waals surface area (Å²) in [4.78, 5) is 4.00. The summed E-state index contributed by atoms with van der Waals surface area (Å²) >= 11 is 6.17. The molecule has 1 aromatic heterocycles. The molecule has 0 aliphatic carbocycles. The van der Waals surface area contributed by atoms with Crippen LogP contribution in [0.25, 0.3) is 0 Å². The first-order valence-corrected chi connectivity index (χ1v) is 7.14. The number of pyridine rings is 1. The monoisotopic (exact) mass is 289 g/mol. The maximum atomic E-state index is 6.17. The van der Waals surface area contributed by atoms with Crippen LogP contribution in [0, 0.1) is 0 Å². The molecule has 1 heterocycles. The molecule has 1 unspecified atom stereocenters. The third-order valence-electron chi connectivity index (χ3n) is 3.47. The minimum absolute atomic E-state index is 0.0181. The largest absolute Gasteiger partial charge is 0.271 e. The van der Waals surface area contributed by atoms with E-state index in [1.54, 1.807) is 12.4 Å². The Labute approximate surface area is 125 Å². The molecule has 2 rings (SSSR count). The zero-order chi connectivity index (χ0) is 14.5. The van der Waals surface area contributed by atoms with E-state index in [1.165, 1.54) is 11.1 Å². The van der Waals surface area contributed by atoms with Crippen molar-refractivity contribution in [2.75, 3.05) is 0 Å². The van der Waals surface area contributed by atoms with Crippen molar-refractivity contribution in [3.05, 3.63) is 64.4 Å². The Morgan fingerprint density at radius 3 is 2.45 bits per heavy atom. The Morgan fingerprint density at radius 1 is 1.20 bits per heavy atom. The number of hydrogen-bond donors (Lipinski definition) is 2. The molecule has 20 heavy (non-hydrogen) atoms. The topological polar surface area (TPSA) is 50.9 Å². The highest BCUT2D eigenvalue weighted by atomic mass is 35.5. The third-order valence-corrected chi connectivity index (χ3v) is 3.78. The van der Waals surface area contributed by atoms with Gasteiger partial charge in [-0.05, 0) is 35.1 Å². The summed E-state index contributed by atoms with van der Waals surface area (Å²) in [5.41, 5.74) is 6.37. The number of aromatic nitrogens is 1. The lowest BCUT2D eigenvalue weighted by Gasteiger charge is -2.18. The number of nitrogens with one attached hydrogen (secondary N) is 1. The van der Waals surface area contributed by atoms with E-state index in [2.05, 4.69) is 48.5 Å². The number of rotatable bonds is 5. The van der Waals surface area contributed by atoms with Crippen LogP contribution in [0.2, 0.25) is 5.02 Å². The molecular formula is C16H20ClN3. The molecule has 0 fully saturated rings. The molecule has 2 aromatic rings. The van der Waals surface area contributed by atoms with E-state index < -0.39 is 0 Å². The molecule has 106 valence electrons. The smallest absolute Gasteiger partial charge is 0.0637 e. The predicted octanol–water partition coefficient (Wildman–Crippen LogP) is 3.61. The van der Waals surface area contributed by atoms with Crippen molar-refractivity contribution >= 4 is 11.6 Å². The van der Waals surface area contributed by atoms with Crippen LogP contribution in [0.15, 0.2) is 42.7 Å². The van der Waals surface area contributed by atoms with Gasteiger partial charge in [0, 0.05) is 12.4 Å². The Hall–Kier alpha value is -1.42. The minimum Gasteiger partial charge on any atom is -0.271 e. The van der Waals surface area contributed by atoms with Crippen LogP contribution in [0.1, 0.15) is 42.5 Å². The van der Waals surface area contributed by atoms with Crippen molar-refractivity contribution in [3.8, 4) is 0 Å². The molecule has 0 saturated carbocycles. The summed E-state index contributed by atoms with van der Waals surface area (Å²) in [5, 5.41) is 0.634. The fraction of sp³-hybridized carbons (Fsp3) is 0.312. The molecule has 0 saturated heterocycles. The average molecular weight is 290 g/mol. The minimum atomic E-state index is -0.0181. The first kappa shape index (κ1) is 15.0. The van der Waals surface area contributed by atoms with Gasteiger partial charge >= 0.3 is 0 Å². The quantitative estimate of drug-likeness (QED) is 0.653. The highest BCUT2D eigenvalue weighted by Crippen LogP contribution is 2.25. The SMILES string of the molecule is CC(C)c1ccc(CC(NN)c2ccncc2Cl)cc1. The summed E-state index contributed by atoms with van der Waals surface area (Å²) < 4.78 is 0. The fourth-order valence-electron chi connectivity index (χ4n) is 2.20. The fourth-order valence-corrected chi connectivity index (χ4v) is 2.45. The Balaban J connectivity index is 2.16. The molecule has 0 aliphatic rings. The van der Waals surface area contributed by atoms with E-state index in [4.69, 9.17) is 17.4 Å². The van der Waals surface area contributed by atoms with Gasteiger partial charge in [0.05, 0.1) is 11.1 Å². The molecule has 0 amide bonds. The normalized spacial score (nSPS) is 12.7. The van der Waals surface area contributed by atoms with Crippen molar-refractivity contribution in [2.45, 2.75) is 32.2 Å². The van der Waals surface area contributed by atoms with E-state index in [9.17, 15) is 0 Å². The summed E-state index contributed by atoms with van der Waals surface area (Å²) in [6, 6.07) is 10.5. The Morgan fingerprint density at radius 2 is 1.90 bits per heavy atom. The molecule has 0 aliphatic heterocycles. The van der Waals surface area contributed by atoms with Gasteiger partial charge in [-0.15, -0.1) is 0 Å². The van der Waals surface area contributed by atoms with Gasteiger partial charge < -0.3 is 0 Å². The zero-order valence-corrected chi connectivity index (χ0v) is 12.6. The highest BCUT2D eigenvalue weighted by Gasteiger charge is 2.14. The van der Waals surface area contributed by atoms with Crippen molar-refractivity contribution in [3.63, 3.8) is 0 Å². The molecule has 3 nitrogen and oxygen atoms in total. The first-order chi connectivity index (χ1) is 9.61. The second kappa shape index (κ2) is 6.84. The summed E-state index contributed by atoms with van der Waals surface area (Å²) in [7, 11) is 0. The lowest BCUT2D eigenvalue weighted by Crippen LogP contribution is -2.29. The van der Waals surface area contributed by atoms with Gasteiger partial charge in [-0.1, -0.05) is 49.7 Å². The summed E-state index contributed by atoms with van der Waals surface area (Å²) in [6.45, 7) is 4.38. The van der Waals surface area contributed by atoms with Gasteiger partial charge in [-0.25, -0.2) is 0 Å². The predicted molar refractivity (Wildman–Crippen MR) is 83.5 cm³/mol. The van der Waals surface area contributed by atoms with Crippen LogP contribution in [0.4, 0.5) is 0 Å². The number of hydrogen-bond acceptors (Lipinski definition) is 3. The lowest BCUT2D eigenvalue weighted by atomic mass is 9.97. The van der Waals surface area contributed by atoms with Crippen molar-refractivity contribution in [2.24, 2.45) is 5.84 Å². The van der Waals surface area contributed by atoms with E-state index in [0.29, 0.717) is 10.9 Å². The lowest BCUT2D eigenvalue weighted by molar-refractivity contribution is 0.551. The van der Waals surface area contributed by atoms with E-state index >= 15 is 0 Å². The first-order valence-electron chi connectivity index (χ1n) is 6.76. The van der Waals surface area contributed by atoms with Crippen LogP contribution in [-0.2, 0) is 6.42 Å². The van der Waals surface area contributed by atoms with Gasteiger partial charge in [0.15, 0.2) is 0 Å². The van der Waals surface area contributed by atoms with E-state index in [-0.39, 0.29) is 6.04 Å². The van der Waals surface area contributed by atoms with Gasteiger partial charge in [-0.3, -0.25) is 16.3 Å². The van der Waals surface area contributed by atoms with Crippen LogP contribution < -0.4 is 11.3 Å². The molecule has 3 N–H and O–H groups in total. The number of nitrogens with two attached hydrogens (primary N) is 1. The second-order valence-electron chi connectivity index (χ2n) is 5.22. The molecule has 4 heteroatoms. The highest BCUT2D eigenvalue weighted by molar-refractivity contribution is 6.31. The van der Waals surface area contributed by atoms with Gasteiger partial charge in [0.25, 0.3) is 0 Å². The van der Waals surface area contributed by atoms with E-state index in [0.717, 1.165) is 12.0 Å². The second-order valence-corrected chi connectivity index (χ2v) is 5.62. The Bertz CT molecular complexity index is 552. The van der Waals surface area contributed by atoms with Gasteiger partial charge in [-0.2, -0.15) is 0 Å². The standard InChI is InChI=1S/C16H20ClN3/c1-11(2)13-5-3-12(4-6-13)9-16(20-18)14-7-8-19-10-15(14)17/h3-8,10-11,16,20H,9,18H2,1-2H3. The van der Waals surface area contributed by atoms with E-state index in [1.807, 2.05) is 6.07 Å². The molecule has 0 spiro atoms. The maximum absolute atomic E-state index is 6.17. The van der Waals surface area contributed by atoms with Gasteiger partial charge in [0.2, 0.25) is 0 Å². The molecule has 0 bridgehead atoms. The van der Waals surface area contributed by atoms with Crippen LogP contribution in [0.3, 0.4) is 0 Å². The average Bonchev–Trinajstić information content (AvgIpc) is 2.46. The zero-order valence-electron chi connectivity index (χ0n) is 11.8. The van der Waals surface area contributed by atoms with Crippen LogP contribution >= 0.6 is 11.6 Å². The van der Waals surface area contributed by atoms with Crippen molar-refractivity contribution < 1.29 is 0 Å². The van der Waals surface area contributed by atoms with Gasteiger partial charge in [0.1, 0.15) is 0 Å². The number of hydrazine groups is 1. The van der Waals surface area contributed by atoms with Crippen molar-refractivity contribution in [1.29, 1.82) is 0 Å². The third kappa shape index (κ3) is 3.57.